The van der Waals surface area contributed by atoms with Crippen LogP contribution in [0.5, 0.6) is 5.88 Å². The molecule has 3 aromatic rings. The highest BCUT2D eigenvalue weighted by molar-refractivity contribution is 6.31. The summed E-state index contributed by atoms with van der Waals surface area (Å²) in [6.45, 7) is 1.12. The van der Waals surface area contributed by atoms with E-state index in [1.807, 2.05) is 0 Å². The van der Waals surface area contributed by atoms with E-state index in [1.54, 1.807) is 0 Å². The van der Waals surface area contributed by atoms with Crippen LogP contribution in [-0.2, 0) is 19.8 Å². The minimum atomic E-state index is -4.61. The highest BCUT2D eigenvalue weighted by Crippen LogP contribution is 2.37. The molecule has 0 aliphatic carbocycles. The minimum absolute atomic E-state index is 0.0296. The Morgan fingerprint density at radius 3 is 2.64 bits per heavy atom. The molecule has 0 atom stereocenters. The smallest absolute Gasteiger partial charge is 0.417 e. The molecule has 2 aromatic heterocycles. The highest BCUT2D eigenvalue weighted by atomic mass is 35.5. The molecule has 0 amide bonds. The summed E-state index contributed by atoms with van der Waals surface area (Å²) in [6.07, 6.45) is -4.61. The zero-order chi connectivity index (χ0) is 18.4. The average molecular weight is 374 g/mol. The standard InChI is InChI=1S/C16H12ClF4N3O/c1-8-14-10(16(19,20)21)6-13(22-15(14)24(2)23-8)25-7-9-11(17)4-3-5-12(9)18/h3-6H,7H2,1-2H3. The van der Waals surface area contributed by atoms with Gasteiger partial charge in [0.15, 0.2) is 5.65 Å². The lowest BCUT2D eigenvalue weighted by Gasteiger charge is -2.12. The van der Waals surface area contributed by atoms with Crippen molar-refractivity contribution in [1.29, 1.82) is 0 Å². The first-order chi connectivity index (χ1) is 11.7. The molecule has 0 spiro atoms. The molecule has 0 radical (unpaired) electrons. The fourth-order valence-corrected chi connectivity index (χ4v) is 2.75. The number of nitrogens with zero attached hydrogens (tertiary/aromatic N) is 3. The molecular formula is C16H12ClF4N3O. The number of hydrogen-bond acceptors (Lipinski definition) is 3. The summed E-state index contributed by atoms with van der Waals surface area (Å²) in [5, 5.41) is 4.00. The van der Waals surface area contributed by atoms with Gasteiger partial charge in [-0.3, -0.25) is 4.68 Å². The second-order valence-corrected chi connectivity index (χ2v) is 5.81. The van der Waals surface area contributed by atoms with Crippen LogP contribution >= 0.6 is 11.6 Å². The quantitative estimate of drug-likeness (QED) is 0.626. The van der Waals surface area contributed by atoms with Crippen LogP contribution in [0.2, 0.25) is 5.02 Å². The van der Waals surface area contributed by atoms with Gasteiger partial charge in [0.1, 0.15) is 12.4 Å². The molecule has 0 aliphatic rings. The summed E-state index contributed by atoms with van der Waals surface area (Å²) < 4.78 is 60.4. The van der Waals surface area contributed by atoms with E-state index in [9.17, 15) is 17.6 Å². The van der Waals surface area contributed by atoms with Crippen molar-refractivity contribution in [2.75, 3.05) is 0 Å². The predicted molar refractivity (Wildman–Crippen MR) is 84.0 cm³/mol. The van der Waals surface area contributed by atoms with Crippen LogP contribution < -0.4 is 4.74 Å². The number of benzene rings is 1. The molecule has 0 unspecified atom stereocenters. The first kappa shape index (κ1) is 17.5. The van der Waals surface area contributed by atoms with Crippen molar-refractivity contribution in [1.82, 2.24) is 14.8 Å². The van der Waals surface area contributed by atoms with E-state index in [0.717, 1.165) is 6.07 Å². The molecule has 9 heteroatoms. The lowest BCUT2D eigenvalue weighted by Crippen LogP contribution is -2.09. The molecule has 3 rings (SSSR count). The van der Waals surface area contributed by atoms with Crippen molar-refractivity contribution in [3.8, 4) is 5.88 Å². The third kappa shape index (κ3) is 3.26. The number of rotatable bonds is 3. The van der Waals surface area contributed by atoms with Crippen molar-refractivity contribution in [3.63, 3.8) is 0 Å². The van der Waals surface area contributed by atoms with Gasteiger partial charge in [-0.15, -0.1) is 0 Å². The van der Waals surface area contributed by atoms with Gasteiger partial charge >= 0.3 is 6.18 Å². The van der Waals surface area contributed by atoms with Crippen molar-refractivity contribution < 1.29 is 22.3 Å². The van der Waals surface area contributed by atoms with Gasteiger partial charge in [-0.1, -0.05) is 17.7 Å². The van der Waals surface area contributed by atoms with Gasteiger partial charge in [0.25, 0.3) is 0 Å². The van der Waals surface area contributed by atoms with Gasteiger partial charge in [-0.05, 0) is 19.1 Å². The topological polar surface area (TPSA) is 39.9 Å². The van der Waals surface area contributed by atoms with Crippen LogP contribution in [0, 0.1) is 12.7 Å². The van der Waals surface area contributed by atoms with Gasteiger partial charge in [-0.2, -0.15) is 23.3 Å². The first-order valence-corrected chi connectivity index (χ1v) is 7.53. The van der Waals surface area contributed by atoms with E-state index in [1.165, 1.54) is 36.9 Å². The highest BCUT2D eigenvalue weighted by Gasteiger charge is 2.35. The Morgan fingerprint density at radius 2 is 2.00 bits per heavy atom. The maximum atomic E-state index is 13.8. The number of alkyl halides is 3. The van der Waals surface area contributed by atoms with Gasteiger partial charge < -0.3 is 4.74 Å². The maximum absolute atomic E-state index is 13.8. The fourth-order valence-electron chi connectivity index (χ4n) is 2.54. The number of aryl methyl sites for hydroxylation is 2. The zero-order valence-electron chi connectivity index (χ0n) is 13.2. The number of fused-ring (bicyclic) bond motifs is 1. The summed E-state index contributed by atoms with van der Waals surface area (Å²) in [5.41, 5.74) is -0.624. The molecule has 25 heavy (non-hydrogen) atoms. The van der Waals surface area contributed by atoms with E-state index in [2.05, 4.69) is 10.1 Å². The summed E-state index contributed by atoms with van der Waals surface area (Å²) in [4.78, 5) is 4.06. The van der Waals surface area contributed by atoms with Gasteiger partial charge in [-0.25, -0.2) is 4.39 Å². The van der Waals surface area contributed by atoms with Gasteiger partial charge in [0, 0.05) is 18.7 Å². The molecule has 1 aromatic carbocycles. The maximum Gasteiger partial charge on any atom is 0.417 e. The molecule has 0 N–H and O–H groups in total. The van der Waals surface area contributed by atoms with Crippen molar-refractivity contribution in [3.05, 3.63) is 51.9 Å². The molecule has 0 saturated carbocycles. The lowest BCUT2D eigenvalue weighted by molar-refractivity contribution is -0.136. The van der Waals surface area contributed by atoms with Crippen LogP contribution in [0.25, 0.3) is 11.0 Å². The molecule has 0 aliphatic heterocycles. The Labute approximate surface area is 145 Å². The fraction of sp³-hybridized carbons (Fsp3) is 0.250. The van der Waals surface area contributed by atoms with Crippen LogP contribution in [-0.4, -0.2) is 14.8 Å². The SMILES string of the molecule is Cc1nn(C)c2nc(OCc3c(F)cccc3Cl)cc(C(F)(F)F)c12. The summed E-state index contributed by atoms with van der Waals surface area (Å²) >= 11 is 5.89. The summed E-state index contributed by atoms with van der Waals surface area (Å²) in [5.74, 6) is -0.900. The first-order valence-electron chi connectivity index (χ1n) is 7.15. The minimum Gasteiger partial charge on any atom is -0.473 e. The van der Waals surface area contributed by atoms with E-state index in [4.69, 9.17) is 16.3 Å². The van der Waals surface area contributed by atoms with Crippen LogP contribution in [0.15, 0.2) is 24.3 Å². The number of ether oxygens (including phenoxy) is 1. The second kappa shape index (κ2) is 6.18. The van der Waals surface area contributed by atoms with Crippen molar-refractivity contribution in [2.24, 2.45) is 7.05 Å². The number of halogens is 5. The third-order valence-electron chi connectivity index (χ3n) is 3.68. The average Bonchev–Trinajstić information content (AvgIpc) is 2.80. The Hall–Kier alpha value is -2.35. The Kier molecular flexibility index (Phi) is 4.32. The molecule has 0 fully saturated rings. The van der Waals surface area contributed by atoms with Crippen molar-refractivity contribution >= 4 is 22.6 Å². The molecular weight excluding hydrogens is 362 g/mol. The normalized spacial score (nSPS) is 12.0. The third-order valence-corrected chi connectivity index (χ3v) is 4.03. The summed E-state index contributed by atoms with van der Waals surface area (Å²) in [7, 11) is 1.49. The second-order valence-electron chi connectivity index (χ2n) is 5.40. The van der Waals surface area contributed by atoms with Crippen LogP contribution in [0.1, 0.15) is 16.8 Å². The lowest BCUT2D eigenvalue weighted by atomic mass is 10.1. The molecule has 2 heterocycles. The van der Waals surface area contributed by atoms with E-state index in [-0.39, 0.29) is 39.8 Å². The number of pyridine rings is 1. The van der Waals surface area contributed by atoms with E-state index >= 15 is 0 Å². The zero-order valence-corrected chi connectivity index (χ0v) is 13.9. The number of hydrogen-bond donors (Lipinski definition) is 0. The largest absolute Gasteiger partial charge is 0.473 e. The number of aromatic nitrogens is 3. The Morgan fingerprint density at radius 1 is 1.28 bits per heavy atom. The van der Waals surface area contributed by atoms with Crippen molar-refractivity contribution in [2.45, 2.75) is 19.7 Å². The van der Waals surface area contributed by atoms with Crippen LogP contribution in [0.4, 0.5) is 17.6 Å². The summed E-state index contributed by atoms with van der Waals surface area (Å²) in [6, 6.07) is 4.86. The Balaban J connectivity index is 2.04. The molecule has 0 bridgehead atoms. The predicted octanol–water partition coefficient (Wildman–Crippen LogP) is 4.67. The van der Waals surface area contributed by atoms with E-state index < -0.39 is 17.6 Å². The van der Waals surface area contributed by atoms with Gasteiger partial charge in [0.2, 0.25) is 5.88 Å². The Bertz CT molecular complexity index is 932. The van der Waals surface area contributed by atoms with E-state index in [0.29, 0.717) is 0 Å². The van der Waals surface area contributed by atoms with Gasteiger partial charge in [0.05, 0.1) is 21.7 Å². The monoisotopic (exact) mass is 373 g/mol. The molecule has 0 saturated heterocycles. The molecule has 4 nitrogen and oxygen atoms in total. The van der Waals surface area contributed by atoms with Crippen LogP contribution in [0.3, 0.4) is 0 Å². The molecule has 132 valence electrons.